The summed E-state index contributed by atoms with van der Waals surface area (Å²) in [5.74, 6) is 0. The Kier molecular flexibility index (Phi) is 2.76. The predicted octanol–water partition coefficient (Wildman–Crippen LogP) is 3.16. The number of ether oxygens (including phenoxy) is 1. The molecule has 1 aromatic rings. The Morgan fingerprint density at radius 3 is 2.33 bits per heavy atom. The van der Waals surface area contributed by atoms with Crippen LogP contribution in [0.15, 0.2) is 18.2 Å². The highest BCUT2D eigenvalue weighted by Crippen LogP contribution is 2.30. The van der Waals surface area contributed by atoms with E-state index in [0.29, 0.717) is 10.0 Å². The molecule has 0 bridgehead atoms. The third kappa shape index (κ3) is 2.19. The Hall–Kier alpha value is -0.930. The Balaban J connectivity index is 2.33. The first kappa shape index (κ1) is 10.6. The summed E-state index contributed by atoms with van der Waals surface area (Å²) in [5, 5.41) is 3.73. The molecule has 1 aliphatic heterocycles. The van der Waals surface area contributed by atoms with Crippen molar-refractivity contribution in [2.24, 2.45) is 0 Å². The van der Waals surface area contributed by atoms with Crippen molar-refractivity contribution in [1.29, 1.82) is 0 Å². The third-order valence-electron chi connectivity index (χ3n) is 2.25. The van der Waals surface area contributed by atoms with Gasteiger partial charge in [-0.15, -0.1) is 0 Å². The number of carbonyl (C=O) groups is 1. The van der Waals surface area contributed by atoms with Crippen LogP contribution in [-0.4, -0.2) is 12.1 Å². The van der Waals surface area contributed by atoms with Crippen LogP contribution in [0.25, 0.3) is 0 Å². The van der Waals surface area contributed by atoms with Gasteiger partial charge in [-0.3, -0.25) is 0 Å². The summed E-state index contributed by atoms with van der Waals surface area (Å²) in [4.78, 5) is 11.0. The van der Waals surface area contributed by atoms with Crippen LogP contribution in [0.1, 0.15) is 18.6 Å². The zero-order chi connectivity index (χ0) is 11.0. The van der Waals surface area contributed by atoms with E-state index in [4.69, 9.17) is 27.9 Å². The van der Waals surface area contributed by atoms with Gasteiger partial charge < -0.3 is 10.1 Å². The first-order chi connectivity index (χ1) is 7.06. The Morgan fingerprint density at radius 2 is 1.87 bits per heavy atom. The number of halogens is 2. The molecule has 0 radical (unpaired) electrons. The summed E-state index contributed by atoms with van der Waals surface area (Å²) >= 11 is 11.7. The van der Waals surface area contributed by atoms with E-state index in [2.05, 4.69) is 5.32 Å². The maximum Gasteiger partial charge on any atom is 0.408 e. The van der Waals surface area contributed by atoms with Gasteiger partial charge in [-0.1, -0.05) is 23.2 Å². The largest absolute Gasteiger partial charge is 0.439 e. The van der Waals surface area contributed by atoms with E-state index in [0.717, 1.165) is 5.56 Å². The molecule has 1 amide bonds. The summed E-state index contributed by atoms with van der Waals surface area (Å²) in [6.45, 7) is 1.87. The molecular weight excluding hydrogens is 237 g/mol. The average molecular weight is 246 g/mol. The summed E-state index contributed by atoms with van der Waals surface area (Å²) in [6.07, 6.45) is -0.739. The smallest absolute Gasteiger partial charge is 0.408 e. The minimum Gasteiger partial charge on any atom is -0.439 e. The normalized spacial score (nSPS) is 24.9. The first-order valence-electron chi connectivity index (χ1n) is 4.49. The van der Waals surface area contributed by atoms with Crippen molar-refractivity contribution in [3.05, 3.63) is 33.8 Å². The van der Waals surface area contributed by atoms with Crippen LogP contribution in [-0.2, 0) is 4.74 Å². The average Bonchev–Trinajstić information content (AvgIpc) is 2.43. The number of carbonyl (C=O) groups excluding carboxylic acids is 1. The fourth-order valence-electron chi connectivity index (χ4n) is 1.61. The maximum atomic E-state index is 11.0. The van der Waals surface area contributed by atoms with Gasteiger partial charge in [-0.25, -0.2) is 4.79 Å². The molecule has 0 unspecified atom stereocenters. The van der Waals surface area contributed by atoms with E-state index in [9.17, 15) is 4.79 Å². The SMILES string of the molecule is C[C@H]1NC(=O)O[C@H]1c1cc(Cl)cc(Cl)c1. The number of nitrogens with one attached hydrogen (secondary N) is 1. The summed E-state index contributed by atoms with van der Waals surface area (Å²) in [5.41, 5.74) is 0.804. The monoisotopic (exact) mass is 245 g/mol. The summed E-state index contributed by atoms with van der Waals surface area (Å²) in [7, 11) is 0. The number of benzene rings is 1. The van der Waals surface area contributed by atoms with Gasteiger partial charge in [0, 0.05) is 10.0 Å². The molecule has 5 heteroatoms. The van der Waals surface area contributed by atoms with Crippen molar-refractivity contribution in [3.8, 4) is 0 Å². The second kappa shape index (κ2) is 3.91. The molecule has 1 aromatic carbocycles. The Labute approximate surface area is 97.3 Å². The van der Waals surface area contributed by atoms with Crippen molar-refractivity contribution in [3.63, 3.8) is 0 Å². The lowest BCUT2D eigenvalue weighted by Crippen LogP contribution is -2.23. The molecule has 1 heterocycles. The van der Waals surface area contributed by atoms with Crippen molar-refractivity contribution in [1.82, 2.24) is 5.32 Å². The molecule has 0 saturated carbocycles. The van der Waals surface area contributed by atoms with Gasteiger partial charge in [-0.2, -0.15) is 0 Å². The Bertz CT molecular complexity index is 388. The van der Waals surface area contributed by atoms with Gasteiger partial charge in [0.15, 0.2) is 0 Å². The van der Waals surface area contributed by atoms with Gasteiger partial charge in [0.2, 0.25) is 0 Å². The second-order valence-corrected chi connectivity index (χ2v) is 4.33. The first-order valence-corrected chi connectivity index (χ1v) is 5.25. The molecule has 1 N–H and O–H groups in total. The van der Waals surface area contributed by atoms with Gasteiger partial charge in [0.05, 0.1) is 6.04 Å². The number of rotatable bonds is 1. The molecule has 0 aliphatic carbocycles. The van der Waals surface area contributed by atoms with Crippen LogP contribution in [0.5, 0.6) is 0 Å². The van der Waals surface area contributed by atoms with Crippen LogP contribution >= 0.6 is 23.2 Å². The zero-order valence-electron chi connectivity index (χ0n) is 7.96. The number of amides is 1. The van der Waals surface area contributed by atoms with E-state index < -0.39 is 6.09 Å². The minimum atomic E-state index is -0.413. The number of alkyl carbamates (subject to hydrolysis) is 1. The lowest BCUT2D eigenvalue weighted by atomic mass is 10.0. The highest BCUT2D eigenvalue weighted by Gasteiger charge is 2.32. The lowest BCUT2D eigenvalue weighted by Gasteiger charge is -2.13. The van der Waals surface area contributed by atoms with Crippen LogP contribution in [0.2, 0.25) is 10.0 Å². The van der Waals surface area contributed by atoms with Gasteiger partial charge >= 0.3 is 6.09 Å². The third-order valence-corrected chi connectivity index (χ3v) is 2.68. The molecular formula is C10H9Cl2NO2. The molecule has 2 rings (SSSR count). The van der Waals surface area contributed by atoms with Crippen molar-refractivity contribution < 1.29 is 9.53 Å². The summed E-state index contributed by atoms with van der Waals surface area (Å²) < 4.78 is 5.10. The lowest BCUT2D eigenvalue weighted by molar-refractivity contribution is 0.134. The highest BCUT2D eigenvalue weighted by atomic mass is 35.5. The van der Waals surface area contributed by atoms with E-state index in [1.54, 1.807) is 18.2 Å². The van der Waals surface area contributed by atoms with E-state index in [-0.39, 0.29) is 12.1 Å². The van der Waals surface area contributed by atoms with Gasteiger partial charge in [0.25, 0.3) is 0 Å². The van der Waals surface area contributed by atoms with Crippen molar-refractivity contribution in [2.75, 3.05) is 0 Å². The molecule has 3 nitrogen and oxygen atoms in total. The fourth-order valence-corrected chi connectivity index (χ4v) is 2.15. The molecule has 0 spiro atoms. The van der Waals surface area contributed by atoms with E-state index in [1.165, 1.54) is 0 Å². The highest BCUT2D eigenvalue weighted by molar-refractivity contribution is 6.34. The van der Waals surface area contributed by atoms with Gasteiger partial charge in [0.1, 0.15) is 6.10 Å². The molecule has 0 aromatic heterocycles. The molecule has 1 aliphatic rings. The standard InChI is InChI=1S/C10H9Cl2NO2/c1-5-9(15-10(14)13-5)6-2-7(11)4-8(12)3-6/h2-5,9H,1H3,(H,13,14)/t5-,9-/m1/s1. The van der Waals surface area contributed by atoms with Crippen LogP contribution in [0.4, 0.5) is 4.79 Å². The van der Waals surface area contributed by atoms with Crippen molar-refractivity contribution in [2.45, 2.75) is 19.1 Å². The number of hydrogen-bond acceptors (Lipinski definition) is 2. The zero-order valence-corrected chi connectivity index (χ0v) is 9.47. The van der Waals surface area contributed by atoms with Crippen LogP contribution < -0.4 is 5.32 Å². The molecule has 15 heavy (non-hydrogen) atoms. The Morgan fingerprint density at radius 1 is 1.27 bits per heavy atom. The predicted molar refractivity (Wildman–Crippen MR) is 58.3 cm³/mol. The molecule has 2 atom stereocenters. The number of hydrogen-bond donors (Lipinski definition) is 1. The number of cyclic esters (lactones) is 1. The second-order valence-electron chi connectivity index (χ2n) is 3.46. The van der Waals surface area contributed by atoms with Crippen LogP contribution in [0, 0.1) is 0 Å². The van der Waals surface area contributed by atoms with Crippen molar-refractivity contribution >= 4 is 29.3 Å². The topological polar surface area (TPSA) is 38.3 Å². The quantitative estimate of drug-likeness (QED) is 0.826. The van der Waals surface area contributed by atoms with E-state index >= 15 is 0 Å². The van der Waals surface area contributed by atoms with Crippen LogP contribution in [0.3, 0.4) is 0 Å². The van der Waals surface area contributed by atoms with Gasteiger partial charge in [-0.05, 0) is 30.7 Å². The van der Waals surface area contributed by atoms with E-state index in [1.807, 2.05) is 6.92 Å². The maximum absolute atomic E-state index is 11.0. The summed E-state index contributed by atoms with van der Waals surface area (Å²) in [6, 6.07) is 5.05. The fraction of sp³-hybridized carbons (Fsp3) is 0.300. The molecule has 1 fully saturated rings. The molecule has 1 saturated heterocycles. The molecule has 80 valence electrons. The minimum absolute atomic E-state index is 0.0768.